The number of hydrogen-bond donors (Lipinski definition) is 1. The van der Waals surface area contributed by atoms with Gasteiger partial charge in [-0.3, -0.25) is 9.89 Å². The number of carbonyl (C=O) groups is 1. The molecule has 1 amide bonds. The van der Waals surface area contributed by atoms with Crippen LogP contribution >= 0.6 is 0 Å². The summed E-state index contributed by atoms with van der Waals surface area (Å²) in [6, 6.07) is 4.75. The van der Waals surface area contributed by atoms with Gasteiger partial charge in [-0.1, -0.05) is 18.2 Å². The van der Waals surface area contributed by atoms with E-state index in [-0.39, 0.29) is 18.9 Å². The van der Waals surface area contributed by atoms with Crippen molar-refractivity contribution in [3.05, 3.63) is 47.5 Å². The maximum Gasteiger partial charge on any atom is 0.416 e. The minimum atomic E-state index is -4.41. The number of carbonyl (C=O) groups excluding carboxylic acids is 1. The Morgan fingerprint density at radius 3 is 2.76 bits per heavy atom. The minimum absolute atomic E-state index is 0.103. The molecule has 5 nitrogen and oxygen atoms in total. The van der Waals surface area contributed by atoms with Crippen LogP contribution in [0.5, 0.6) is 0 Å². The van der Waals surface area contributed by atoms with Crippen LogP contribution in [-0.4, -0.2) is 33.0 Å². The average molecular weight is 298 g/mol. The highest BCUT2D eigenvalue weighted by atomic mass is 19.4. The van der Waals surface area contributed by atoms with Gasteiger partial charge in [0.15, 0.2) is 0 Å². The van der Waals surface area contributed by atoms with Crippen LogP contribution in [0.1, 0.15) is 17.0 Å². The van der Waals surface area contributed by atoms with Gasteiger partial charge in [-0.2, -0.15) is 18.3 Å². The molecule has 1 N–H and O–H groups in total. The van der Waals surface area contributed by atoms with Gasteiger partial charge >= 0.3 is 6.18 Å². The zero-order chi connectivity index (χ0) is 15.5. The number of aromatic nitrogens is 3. The second kappa shape index (κ2) is 5.94. The molecular formula is C13H13F3N4O. The van der Waals surface area contributed by atoms with E-state index in [1.165, 1.54) is 23.4 Å². The number of nitrogens with one attached hydrogen (secondary N) is 1. The second-order valence-electron chi connectivity index (χ2n) is 4.56. The zero-order valence-electron chi connectivity index (χ0n) is 11.2. The molecule has 0 saturated heterocycles. The van der Waals surface area contributed by atoms with E-state index in [9.17, 15) is 18.0 Å². The van der Waals surface area contributed by atoms with E-state index in [0.29, 0.717) is 11.4 Å². The fraction of sp³-hybridized carbons (Fsp3) is 0.308. The third-order valence-corrected chi connectivity index (χ3v) is 2.89. The summed E-state index contributed by atoms with van der Waals surface area (Å²) in [6.07, 6.45) is -3.19. The molecule has 21 heavy (non-hydrogen) atoms. The molecule has 1 aromatic carbocycles. The first kappa shape index (κ1) is 15.0. The molecule has 0 bridgehead atoms. The van der Waals surface area contributed by atoms with Gasteiger partial charge in [-0.15, -0.1) is 0 Å². The van der Waals surface area contributed by atoms with Gasteiger partial charge in [0.2, 0.25) is 5.91 Å². The number of nitrogens with zero attached hydrogens (tertiary/aromatic N) is 3. The Hall–Kier alpha value is -2.38. The molecule has 0 aliphatic heterocycles. The molecule has 0 radical (unpaired) electrons. The van der Waals surface area contributed by atoms with E-state index in [2.05, 4.69) is 15.2 Å². The van der Waals surface area contributed by atoms with Crippen molar-refractivity contribution in [3.8, 4) is 0 Å². The summed E-state index contributed by atoms with van der Waals surface area (Å²) in [5, 5.41) is 6.27. The van der Waals surface area contributed by atoms with Crippen molar-refractivity contribution in [2.45, 2.75) is 19.1 Å². The molecule has 2 aromatic rings. The van der Waals surface area contributed by atoms with E-state index in [1.807, 2.05) is 0 Å². The van der Waals surface area contributed by atoms with E-state index < -0.39 is 11.7 Å². The molecular weight excluding hydrogens is 285 g/mol. The first-order valence-corrected chi connectivity index (χ1v) is 6.10. The van der Waals surface area contributed by atoms with Crippen molar-refractivity contribution < 1.29 is 18.0 Å². The smallest absolute Gasteiger partial charge is 0.338 e. The summed E-state index contributed by atoms with van der Waals surface area (Å²) < 4.78 is 37.8. The maximum absolute atomic E-state index is 12.6. The highest BCUT2D eigenvalue weighted by molar-refractivity contribution is 5.78. The summed E-state index contributed by atoms with van der Waals surface area (Å²) in [6.45, 7) is 0.220. The molecule has 112 valence electrons. The van der Waals surface area contributed by atoms with E-state index in [0.717, 1.165) is 12.1 Å². The zero-order valence-corrected chi connectivity index (χ0v) is 11.2. The van der Waals surface area contributed by atoms with Crippen molar-refractivity contribution in [2.24, 2.45) is 0 Å². The lowest BCUT2D eigenvalue weighted by Gasteiger charge is -2.16. The first-order chi connectivity index (χ1) is 9.86. The number of aromatic amines is 1. The summed E-state index contributed by atoms with van der Waals surface area (Å²) in [5.74, 6) is 0.209. The molecule has 2 rings (SSSR count). The number of benzene rings is 1. The maximum atomic E-state index is 12.6. The van der Waals surface area contributed by atoms with Gasteiger partial charge in [0, 0.05) is 7.05 Å². The lowest BCUT2D eigenvalue weighted by atomic mass is 10.1. The molecule has 0 atom stereocenters. The minimum Gasteiger partial charge on any atom is -0.338 e. The second-order valence-corrected chi connectivity index (χ2v) is 4.56. The van der Waals surface area contributed by atoms with Crippen molar-refractivity contribution in [1.82, 2.24) is 20.1 Å². The van der Waals surface area contributed by atoms with Crippen molar-refractivity contribution in [3.63, 3.8) is 0 Å². The summed E-state index contributed by atoms with van der Waals surface area (Å²) in [7, 11) is 1.55. The summed E-state index contributed by atoms with van der Waals surface area (Å²) >= 11 is 0. The number of hydrogen-bond acceptors (Lipinski definition) is 3. The Morgan fingerprint density at radius 1 is 1.38 bits per heavy atom. The number of rotatable bonds is 4. The molecule has 0 spiro atoms. The Bertz CT molecular complexity index is 610. The SMILES string of the molecule is CN(Cc1ncn[nH]1)C(=O)Cc1cccc(C(F)(F)F)c1. The van der Waals surface area contributed by atoms with Crippen LogP contribution in [0, 0.1) is 0 Å². The Kier molecular flexibility index (Phi) is 4.25. The van der Waals surface area contributed by atoms with Crippen LogP contribution in [0.2, 0.25) is 0 Å². The number of alkyl halides is 3. The third kappa shape index (κ3) is 4.04. The van der Waals surface area contributed by atoms with Crippen LogP contribution < -0.4 is 0 Å². The molecule has 1 aromatic heterocycles. The number of halogens is 3. The molecule has 8 heteroatoms. The van der Waals surface area contributed by atoms with Gasteiger partial charge in [0.1, 0.15) is 12.2 Å². The van der Waals surface area contributed by atoms with Gasteiger partial charge in [-0.05, 0) is 11.6 Å². The van der Waals surface area contributed by atoms with Crippen molar-refractivity contribution in [1.29, 1.82) is 0 Å². The van der Waals surface area contributed by atoms with E-state index >= 15 is 0 Å². The predicted octanol–water partition coefficient (Wildman–Crippen LogP) is 2.02. The molecule has 0 saturated carbocycles. The van der Waals surface area contributed by atoms with Crippen LogP contribution in [-0.2, 0) is 23.9 Å². The topological polar surface area (TPSA) is 61.9 Å². The molecule has 0 unspecified atom stereocenters. The standard InChI is InChI=1S/C13H13F3N4O/c1-20(7-11-17-8-18-19-11)12(21)6-9-3-2-4-10(5-9)13(14,15)16/h2-5,8H,6-7H2,1H3,(H,17,18,19). The third-order valence-electron chi connectivity index (χ3n) is 2.89. The molecule has 0 aliphatic rings. The van der Waals surface area contributed by atoms with E-state index in [1.54, 1.807) is 7.05 Å². The first-order valence-electron chi connectivity index (χ1n) is 6.10. The van der Waals surface area contributed by atoms with Crippen LogP contribution in [0.15, 0.2) is 30.6 Å². The van der Waals surface area contributed by atoms with Crippen LogP contribution in [0.25, 0.3) is 0 Å². The quantitative estimate of drug-likeness (QED) is 0.939. The Balaban J connectivity index is 2.02. The van der Waals surface area contributed by atoms with Crippen LogP contribution in [0.4, 0.5) is 13.2 Å². The number of likely N-dealkylation sites (N-methyl/N-ethyl adjacent to an activating group) is 1. The number of H-pyrrole nitrogens is 1. The van der Waals surface area contributed by atoms with Gasteiger partial charge < -0.3 is 4.90 Å². The summed E-state index contributed by atoms with van der Waals surface area (Å²) in [5.41, 5.74) is -0.440. The highest BCUT2D eigenvalue weighted by Crippen LogP contribution is 2.29. The molecule has 0 fully saturated rings. The van der Waals surface area contributed by atoms with Crippen molar-refractivity contribution in [2.75, 3.05) is 7.05 Å². The molecule has 1 heterocycles. The lowest BCUT2D eigenvalue weighted by molar-refractivity contribution is -0.138. The Morgan fingerprint density at radius 2 is 2.14 bits per heavy atom. The fourth-order valence-corrected chi connectivity index (χ4v) is 1.79. The predicted molar refractivity (Wildman–Crippen MR) is 68.0 cm³/mol. The monoisotopic (exact) mass is 298 g/mol. The van der Waals surface area contributed by atoms with Crippen molar-refractivity contribution >= 4 is 5.91 Å². The normalized spacial score (nSPS) is 11.4. The molecule has 0 aliphatic carbocycles. The highest BCUT2D eigenvalue weighted by Gasteiger charge is 2.30. The van der Waals surface area contributed by atoms with Gasteiger partial charge in [-0.25, -0.2) is 4.98 Å². The average Bonchev–Trinajstić information content (AvgIpc) is 2.91. The largest absolute Gasteiger partial charge is 0.416 e. The fourth-order valence-electron chi connectivity index (χ4n) is 1.79. The Labute approximate surface area is 118 Å². The lowest BCUT2D eigenvalue weighted by Crippen LogP contribution is -2.28. The van der Waals surface area contributed by atoms with Gasteiger partial charge in [0.25, 0.3) is 0 Å². The number of amides is 1. The summed E-state index contributed by atoms with van der Waals surface area (Å²) in [4.78, 5) is 17.2. The van der Waals surface area contributed by atoms with E-state index in [4.69, 9.17) is 0 Å². The van der Waals surface area contributed by atoms with Gasteiger partial charge in [0.05, 0.1) is 18.5 Å². The van der Waals surface area contributed by atoms with Crippen LogP contribution in [0.3, 0.4) is 0 Å².